The van der Waals surface area contributed by atoms with E-state index in [4.69, 9.17) is 21.1 Å². The molecular formula is C17H11ClN2O3. The monoisotopic (exact) mass is 326 g/mol. The number of fused-ring (bicyclic) bond motifs is 1. The summed E-state index contributed by atoms with van der Waals surface area (Å²) in [6.07, 6.45) is 1.49. The van der Waals surface area contributed by atoms with Gasteiger partial charge in [0, 0.05) is 10.7 Å². The van der Waals surface area contributed by atoms with Gasteiger partial charge in [-0.25, -0.2) is 0 Å². The van der Waals surface area contributed by atoms with Gasteiger partial charge in [-0.1, -0.05) is 17.7 Å². The quantitative estimate of drug-likeness (QED) is 0.691. The third-order valence-corrected chi connectivity index (χ3v) is 3.43. The van der Waals surface area contributed by atoms with Crippen molar-refractivity contribution in [2.24, 2.45) is 0 Å². The van der Waals surface area contributed by atoms with Gasteiger partial charge in [0.2, 0.25) is 6.79 Å². The van der Waals surface area contributed by atoms with Crippen molar-refractivity contribution < 1.29 is 14.3 Å². The summed E-state index contributed by atoms with van der Waals surface area (Å²) in [5.41, 5.74) is 1.22. The number of hydrogen-bond acceptors (Lipinski definition) is 4. The van der Waals surface area contributed by atoms with Crippen LogP contribution in [0, 0.1) is 11.3 Å². The number of carbonyl (C=O) groups is 1. The van der Waals surface area contributed by atoms with Crippen LogP contribution in [0.5, 0.6) is 11.5 Å². The molecule has 0 fully saturated rings. The molecule has 2 aromatic rings. The summed E-state index contributed by atoms with van der Waals surface area (Å²) in [5, 5.41) is 12.4. The minimum absolute atomic E-state index is 0.0150. The van der Waals surface area contributed by atoms with E-state index in [9.17, 15) is 10.1 Å². The molecule has 0 spiro atoms. The van der Waals surface area contributed by atoms with E-state index in [1.807, 2.05) is 6.07 Å². The standard InChI is InChI=1S/C17H11ClN2O3/c18-13-2-4-14(5-3-13)20-17(21)12(9-19)7-11-1-6-15-16(8-11)23-10-22-15/h1-8H,10H2,(H,20,21). The highest BCUT2D eigenvalue weighted by molar-refractivity contribution is 6.30. The molecule has 1 aliphatic rings. The molecule has 1 aliphatic heterocycles. The van der Waals surface area contributed by atoms with Crippen LogP contribution < -0.4 is 14.8 Å². The Kier molecular flexibility index (Phi) is 4.18. The molecule has 0 saturated heterocycles. The Labute approximate surface area is 137 Å². The molecule has 3 rings (SSSR count). The van der Waals surface area contributed by atoms with Crippen molar-refractivity contribution in [2.45, 2.75) is 0 Å². The SMILES string of the molecule is N#CC(=Cc1ccc2c(c1)OCO2)C(=O)Nc1ccc(Cl)cc1. The molecule has 114 valence electrons. The number of benzene rings is 2. The zero-order valence-electron chi connectivity index (χ0n) is 11.9. The first-order valence-electron chi connectivity index (χ1n) is 6.74. The maximum Gasteiger partial charge on any atom is 0.266 e. The fourth-order valence-corrected chi connectivity index (χ4v) is 2.18. The topological polar surface area (TPSA) is 71.3 Å². The summed E-state index contributed by atoms with van der Waals surface area (Å²) in [7, 11) is 0. The van der Waals surface area contributed by atoms with Crippen molar-refractivity contribution in [3.05, 3.63) is 58.6 Å². The molecule has 6 heteroatoms. The molecule has 1 heterocycles. The first-order valence-corrected chi connectivity index (χ1v) is 7.12. The zero-order chi connectivity index (χ0) is 16.2. The van der Waals surface area contributed by atoms with Crippen LogP contribution >= 0.6 is 11.6 Å². The molecule has 1 amide bonds. The summed E-state index contributed by atoms with van der Waals surface area (Å²) in [5.74, 6) is 0.743. The first kappa shape index (κ1) is 14.9. The normalized spacial score (nSPS) is 12.6. The Hall–Kier alpha value is -2.97. The van der Waals surface area contributed by atoms with Crippen LogP contribution in [0.25, 0.3) is 6.08 Å². The van der Waals surface area contributed by atoms with Crippen molar-refractivity contribution in [2.75, 3.05) is 12.1 Å². The molecular weight excluding hydrogens is 316 g/mol. The van der Waals surface area contributed by atoms with E-state index in [2.05, 4.69) is 5.32 Å². The van der Waals surface area contributed by atoms with Crippen LogP contribution in [0.2, 0.25) is 5.02 Å². The maximum atomic E-state index is 12.2. The van der Waals surface area contributed by atoms with Crippen LogP contribution in [-0.2, 0) is 4.79 Å². The summed E-state index contributed by atoms with van der Waals surface area (Å²) in [4.78, 5) is 12.2. The number of rotatable bonds is 3. The average molecular weight is 327 g/mol. The second-order valence-corrected chi connectivity index (χ2v) is 5.18. The van der Waals surface area contributed by atoms with Crippen molar-refractivity contribution in [1.29, 1.82) is 5.26 Å². The fourth-order valence-electron chi connectivity index (χ4n) is 2.05. The summed E-state index contributed by atoms with van der Waals surface area (Å²) < 4.78 is 10.5. The average Bonchev–Trinajstić information content (AvgIpc) is 3.02. The lowest BCUT2D eigenvalue weighted by Crippen LogP contribution is -2.13. The van der Waals surface area contributed by atoms with Crippen molar-refractivity contribution in [3.8, 4) is 17.6 Å². The third kappa shape index (κ3) is 3.44. The largest absolute Gasteiger partial charge is 0.454 e. The second kappa shape index (κ2) is 6.42. The van der Waals surface area contributed by atoms with Crippen molar-refractivity contribution in [1.82, 2.24) is 0 Å². The molecule has 0 bridgehead atoms. The molecule has 0 aliphatic carbocycles. The zero-order valence-corrected chi connectivity index (χ0v) is 12.6. The van der Waals surface area contributed by atoms with Gasteiger partial charge in [0.1, 0.15) is 11.6 Å². The first-order chi connectivity index (χ1) is 11.2. The van der Waals surface area contributed by atoms with E-state index >= 15 is 0 Å². The van der Waals surface area contributed by atoms with E-state index < -0.39 is 5.91 Å². The minimum atomic E-state index is -0.493. The summed E-state index contributed by atoms with van der Waals surface area (Å²) in [6.45, 7) is 0.171. The van der Waals surface area contributed by atoms with Gasteiger partial charge in [0.05, 0.1) is 0 Å². The number of ether oxygens (including phenoxy) is 2. The van der Waals surface area contributed by atoms with E-state index in [0.717, 1.165) is 0 Å². The van der Waals surface area contributed by atoms with Crippen LogP contribution in [-0.4, -0.2) is 12.7 Å². The Morgan fingerprint density at radius 3 is 2.65 bits per heavy atom. The lowest BCUT2D eigenvalue weighted by atomic mass is 10.1. The van der Waals surface area contributed by atoms with Gasteiger partial charge >= 0.3 is 0 Å². The highest BCUT2D eigenvalue weighted by atomic mass is 35.5. The van der Waals surface area contributed by atoms with E-state index in [0.29, 0.717) is 27.8 Å². The molecule has 1 N–H and O–H groups in total. The molecule has 0 saturated carbocycles. The smallest absolute Gasteiger partial charge is 0.266 e. The summed E-state index contributed by atoms with van der Waals surface area (Å²) in [6, 6.07) is 13.7. The molecule has 0 aromatic heterocycles. The number of carbonyl (C=O) groups excluding carboxylic acids is 1. The lowest BCUT2D eigenvalue weighted by Gasteiger charge is -2.04. The molecule has 0 radical (unpaired) electrons. The van der Waals surface area contributed by atoms with Gasteiger partial charge in [-0.15, -0.1) is 0 Å². The highest BCUT2D eigenvalue weighted by Crippen LogP contribution is 2.33. The molecule has 0 atom stereocenters. The maximum absolute atomic E-state index is 12.2. The van der Waals surface area contributed by atoms with Gasteiger partial charge in [0.15, 0.2) is 11.5 Å². The second-order valence-electron chi connectivity index (χ2n) is 4.74. The third-order valence-electron chi connectivity index (χ3n) is 3.17. The minimum Gasteiger partial charge on any atom is -0.454 e. The van der Waals surface area contributed by atoms with Crippen molar-refractivity contribution in [3.63, 3.8) is 0 Å². The number of nitrogens with zero attached hydrogens (tertiary/aromatic N) is 1. The predicted molar refractivity (Wildman–Crippen MR) is 86.2 cm³/mol. The fraction of sp³-hybridized carbons (Fsp3) is 0.0588. The number of nitrogens with one attached hydrogen (secondary N) is 1. The Balaban J connectivity index is 1.80. The van der Waals surface area contributed by atoms with Gasteiger partial charge in [-0.3, -0.25) is 4.79 Å². The van der Waals surface area contributed by atoms with E-state index in [-0.39, 0.29) is 12.4 Å². The Morgan fingerprint density at radius 1 is 1.17 bits per heavy atom. The van der Waals surface area contributed by atoms with Crippen LogP contribution in [0.3, 0.4) is 0 Å². The number of nitriles is 1. The summed E-state index contributed by atoms with van der Waals surface area (Å²) >= 11 is 5.79. The van der Waals surface area contributed by atoms with E-state index in [1.54, 1.807) is 42.5 Å². The van der Waals surface area contributed by atoms with Crippen LogP contribution in [0.15, 0.2) is 48.0 Å². The van der Waals surface area contributed by atoms with Crippen molar-refractivity contribution >= 4 is 29.3 Å². The number of hydrogen-bond donors (Lipinski definition) is 1. The molecule has 23 heavy (non-hydrogen) atoms. The van der Waals surface area contributed by atoms with E-state index in [1.165, 1.54) is 6.08 Å². The van der Waals surface area contributed by atoms with Gasteiger partial charge in [0.25, 0.3) is 5.91 Å². The van der Waals surface area contributed by atoms with Crippen LogP contribution in [0.4, 0.5) is 5.69 Å². The Bertz CT molecular complexity index is 823. The number of anilines is 1. The van der Waals surface area contributed by atoms with Gasteiger partial charge in [-0.05, 0) is 48.0 Å². The Morgan fingerprint density at radius 2 is 1.91 bits per heavy atom. The molecule has 2 aromatic carbocycles. The predicted octanol–water partition coefficient (Wildman–Crippen LogP) is 3.61. The lowest BCUT2D eigenvalue weighted by molar-refractivity contribution is -0.112. The number of amides is 1. The van der Waals surface area contributed by atoms with Crippen LogP contribution in [0.1, 0.15) is 5.56 Å². The highest BCUT2D eigenvalue weighted by Gasteiger charge is 2.14. The van der Waals surface area contributed by atoms with Gasteiger partial charge in [-0.2, -0.15) is 5.26 Å². The molecule has 5 nitrogen and oxygen atoms in total. The van der Waals surface area contributed by atoms with Gasteiger partial charge < -0.3 is 14.8 Å². The molecule has 0 unspecified atom stereocenters. The number of halogens is 1.